The van der Waals surface area contributed by atoms with Gasteiger partial charge >= 0.3 is 0 Å². The fourth-order valence-corrected chi connectivity index (χ4v) is 1.30. The van der Waals surface area contributed by atoms with Gasteiger partial charge in [0.25, 0.3) is 0 Å². The largest absolute Gasteiger partial charge is 0.506 e. The summed E-state index contributed by atoms with van der Waals surface area (Å²) in [5.41, 5.74) is 1.20. The van der Waals surface area contributed by atoms with Gasteiger partial charge in [-0.15, -0.1) is 0 Å². The van der Waals surface area contributed by atoms with Gasteiger partial charge in [-0.05, 0) is 23.6 Å². The summed E-state index contributed by atoms with van der Waals surface area (Å²) in [5, 5.41) is 9.57. The number of rotatable bonds is 2. The Labute approximate surface area is 82.2 Å². The van der Waals surface area contributed by atoms with E-state index >= 15 is 0 Å². The maximum absolute atomic E-state index is 10.5. The van der Waals surface area contributed by atoms with Gasteiger partial charge in [0.15, 0.2) is 6.29 Å². The zero-order chi connectivity index (χ0) is 10.0. The van der Waals surface area contributed by atoms with Crippen LogP contribution in [0.2, 0.25) is 5.02 Å². The van der Waals surface area contributed by atoms with E-state index in [-0.39, 0.29) is 22.3 Å². The van der Waals surface area contributed by atoms with Crippen LogP contribution in [0.25, 0.3) is 0 Å². The highest BCUT2D eigenvalue weighted by atomic mass is 35.5. The molecule has 0 atom stereocenters. The molecule has 0 aliphatic carbocycles. The topological polar surface area (TPSA) is 37.3 Å². The van der Waals surface area contributed by atoms with Crippen molar-refractivity contribution < 1.29 is 9.90 Å². The van der Waals surface area contributed by atoms with E-state index < -0.39 is 0 Å². The predicted octanol–water partition coefficient (Wildman–Crippen LogP) is 2.98. The monoisotopic (exact) mass is 198 g/mol. The average Bonchev–Trinajstić information content (AvgIpc) is 2.09. The maximum Gasteiger partial charge on any atom is 0.153 e. The molecule has 1 aromatic carbocycles. The zero-order valence-corrected chi connectivity index (χ0v) is 8.30. The van der Waals surface area contributed by atoms with Crippen molar-refractivity contribution in [2.45, 2.75) is 19.8 Å². The minimum Gasteiger partial charge on any atom is -0.506 e. The van der Waals surface area contributed by atoms with E-state index in [9.17, 15) is 9.90 Å². The molecule has 0 saturated carbocycles. The molecule has 0 unspecified atom stereocenters. The van der Waals surface area contributed by atoms with Gasteiger partial charge in [0.05, 0.1) is 10.6 Å². The molecular formula is C10H11ClO2. The number of hydrogen-bond donors (Lipinski definition) is 1. The summed E-state index contributed by atoms with van der Waals surface area (Å²) >= 11 is 5.73. The first-order valence-electron chi connectivity index (χ1n) is 4.04. The van der Waals surface area contributed by atoms with Crippen LogP contribution >= 0.6 is 11.6 Å². The van der Waals surface area contributed by atoms with Crippen molar-refractivity contribution in [2.24, 2.45) is 0 Å². The second kappa shape index (κ2) is 3.79. The van der Waals surface area contributed by atoms with E-state index in [0.29, 0.717) is 6.29 Å². The maximum atomic E-state index is 10.5. The van der Waals surface area contributed by atoms with Crippen LogP contribution in [-0.4, -0.2) is 11.4 Å². The number of carbonyl (C=O) groups is 1. The van der Waals surface area contributed by atoms with E-state index in [1.807, 2.05) is 13.8 Å². The molecule has 70 valence electrons. The lowest BCUT2D eigenvalue weighted by Crippen LogP contribution is -1.91. The second-order valence-corrected chi connectivity index (χ2v) is 3.62. The van der Waals surface area contributed by atoms with Crippen molar-refractivity contribution in [3.05, 3.63) is 28.3 Å². The lowest BCUT2D eigenvalue weighted by Gasteiger charge is -2.08. The molecule has 13 heavy (non-hydrogen) atoms. The Balaban J connectivity index is 3.30. The first-order valence-corrected chi connectivity index (χ1v) is 4.41. The summed E-state index contributed by atoms with van der Waals surface area (Å²) in [4.78, 5) is 10.5. The quantitative estimate of drug-likeness (QED) is 0.742. The fraction of sp³-hybridized carbons (Fsp3) is 0.300. The molecule has 0 aromatic heterocycles. The van der Waals surface area contributed by atoms with Crippen molar-refractivity contribution >= 4 is 17.9 Å². The minimum atomic E-state index is -0.138. The third-order valence-electron chi connectivity index (χ3n) is 1.91. The Bertz CT molecular complexity index is 332. The van der Waals surface area contributed by atoms with Crippen molar-refractivity contribution in [2.75, 3.05) is 0 Å². The van der Waals surface area contributed by atoms with Crippen molar-refractivity contribution in [3.8, 4) is 5.75 Å². The average molecular weight is 199 g/mol. The van der Waals surface area contributed by atoms with Crippen LogP contribution in [0, 0.1) is 0 Å². The van der Waals surface area contributed by atoms with Crippen molar-refractivity contribution in [1.82, 2.24) is 0 Å². The second-order valence-electron chi connectivity index (χ2n) is 3.21. The van der Waals surface area contributed by atoms with Gasteiger partial charge in [0, 0.05) is 0 Å². The van der Waals surface area contributed by atoms with Gasteiger partial charge in [-0.1, -0.05) is 25.4 Å². The Hall–Kier alpha value is -1.02. The van der Waals surface area contributed by atoms with Crippen LogP contribution in [0.15, 0.2) is 12.1 Å². The number of benzene rings is 1. The lowest BCUT2D eigenvalue weighted by molar-refractivity contribution is 0.112. The van der Waals surface area contributed by atoms with Crippen LogP contribution in [-0.2, 0) is 0 Å². The number of hydrogen-bond acceptors (Lipinski definition) is 2. The molecule has 1 N–H and O–H groups in total. The van der Waals surface area contributed by atoms with Crippen LogP contribution in [0.3, 0.4) is 0 Å². The van der Waals surface area contributed by atoms with Gasteiger partial charge in [0.1, 0.15) is 5.75 Å². The molecule has 0 radical (unpaired) electrons. The zero-order valence-electron chi connectivity index (χ0n) is 7.54. The summed E-state index contributed by atoms with van der Waals surface area (Å²) in [6, 6.07) is 3.33. The molecule has 0 fully saturated rings. The Kier molecular flexibility index (Phi) is 2.94. The van der Waals surface area contributed by atoms with Crippen LogP contribution in [0.1, 0.15) is 35.7 Å². The van der Waals surface area contributed by atoms with E-state index in [0.717, 1.165) is 5.56 Å². The number of halogens is 1. The smallest absolute Gasteiger partial charge is 0.153 e. The summed E-state index contributed by atoms with van der Waals surface area (Å²) < 4.78 is 0. The molecule has 1 aromatic rings. The van der Waals surface area contributed by atoms with Crippen molar-refractivity contribution in [3.63, 3.8) is 0 Å². The number of phenols is 1. The highest BCUT2D eigenvalue weighted by Crippen LogP contribution is 2.30. The van der Waals surface area contributed by atoms with Gasteiger partial charge in [-0.3, -0.25) is 4.79 Å². The number of aldehydes is 1. The molecule has 0 spiro atoms. The van der Waals surface area contributed by atoms with Crippen LogP contribution in [0.5, 0.6) is 5.75 Å². The van der Waals surface area contributed by atoms with E-state index in [2.05, 4.69) is 0 Å². The van der Waals surface area contributed by atoms with Crippen LogP contribution < -0.4 is 0 Å². The van der Waals surface area contributed by atoms with Crippen LogP contribution in [0.4, 0.5) is 0 Å². The number of aromatic hydroxyl groups is 1. The summed E-state index contributed by atoms with van der Waals surface area (Å²) in [6.45, 7) is 3.99. The summed E-state index contributed by atoms with van der Waals surface area (Å²) in [6.07, 6.45) is 0.604. The SMILES string of the molecule is CC(C)c1cc(Cl)c(O)c(C=O)c1. The number of phenolic OH excluding ortho intramolecular Hbond substituents is 1. The van der Waals surface area contributed by atoms with Gasteiger partial charge in [0.2, 0.25) is 0 Å². The molecule has 2 nitrogen and oxygen atoms in total. The first-order chi connectivity index (χ1) is 6.06. The van der Waals surface area contributed by atoms with Crippen molar-refractivity contribution in [1.29, 1.82) is 0 Å². The molecule has 0 saturated heterocycles. The molecular weight excluding hydrogens is 188 g/mol. The molecule has 0 aliphatic heterocycles. The predicted molar refractivity (Wildman–Crippen MR) is 52.6 cm³/mol. The molecule has 0 heterocycles. The van der Waals surface area contributed by atoms with E-state index in [4.69, 9.17) is 11.6 Å². The van der Waals surface area contributed by atoms with E-state index in [1.54, 1.807) is 12.1 Å². The first kappa shape index (κ1) is 10.1. The Morgan fingerprint density at radius 2 is 2.08 bits per heavy atom. The number of carbonyl (C=O) groups excluding carboxylic acids is 1. The normalized spacial score (nSPS) is 10.5. The molecule has 0 bridgehead atoms. The standard InChI is InChI=1S/C10H11ClO2/c1-6(2)7-3-8(5-12)10(13)9(11)4-7/h3-6,13H,1-2H3. The molecule has 1 rings (SSSR count). The third kappa shape index (κ3) is 2.01. The lowest BCUT2D eigenvalue weighted by atomic mass is 10.0. The van der Waals surface area contributed by atoms with E-state index in [1.165, 1.54) is 0 Å². The van der Waals surface area contributed by atoms with Gasteiger partial charge < -0.3 is 5.11 Å². The molecule has 0 amide bonds. The minimum absolute atomic E-state index is 0.138. The third-order valence-corrected chi connectivity index (χ3v) is 2.20. The van der Waals surface area contributed by atoms with Gasteiger partial charge in [-0.2, -0.15) is 0 Å². The van der Waals surface area contributed by atoms with Gasteiger partial charge in [-0.25, -0.2) is 0 Å². The molecule has 0 aliphatic rings. The highest BCUT2D eigenvalue weighted by Gasteiger charge is 2.09. The summed E-state index contributed by atoms with van der Waals surface area (Å²) in [7, 11) is 0. The fourth-order valence-electron chi connectivity index (χ4n) is 1.07. The Morgan fingerprint density at radius 1 is 1.46 bits per heavy atom. The Morgan fingerprint density at radius 3 is 2.54 bits per heavy atom. The molecule has 3 heteroatoms. The summed E-state index contributed by atoms with van der Waals surface area (Å²) in [5.74, 6) is 0.151. The highest BCUT2D eigenvalue weighted by molar-refractivity contribution is 6.32.